The predicted octanol–water partition coefficient (Wildman–Crippen LogP) is 3.79. The summed E-state index contributed by atoms with van der Waals surface area (Å²) < 4.78 is 0. The minimum absolute atomic E-state index is 0.811. The molecule has 0 saturated carbocycles. The van der Waals surface area contributed by atoms with Gasteiger partial charge >= 0.3 is 0 Å². The number of nitrogens with zero attached hydrogens (tertiary/aromatic N) is 3. The summed E-state index contributed by atoms with van der Waals surface area (Å²) >= 11 is 1.67. The molecule has 2 heterocycles. The number of nitrogens with one attached hydrogen (secondary N) is 1. The van der Waals surface area contributed by atoms with E-state index in [0.29, 0.717) is 0 Å². The van der Waals surface area contributed by atoms with Crippen molar-refractivity contribution in [2.75, 3.05) is 17.6 Å². The van der Waals surface area contributed by atoms with Gasteiger partial charge in [0.2, 0.25) is 0 Å². The molecule has 4 nitrogen and oxygen atoms in total. The highest BCUT2D eigenvalue weighted by molar-refractivity contribution is 7.99. The lowest BCUT2D eigenvalue weighted by atomic mass is 10.2. The first-order valence-electron chi connectivity index (χ1n) is 7.40. The minimum Gasteiger partial charge on any atom is -0.370 e. The zero-order chi connectivity index (χ0) is 15.2. The number of pyridine rings is 1. The highest BCUT2D eigenvalue weighted by Gasteiger charge is 2.07. The number of rotatable bonds is 6. The van der Waals surface area contributed by atoms with Crippen LogP contribution in [0.3, 0.4) is 0 Å². The molecule has 0 saturated heterocycles. The fourth-order valence-electron chi connectivity index (χ4n) is 2.21. The summed E-state index contributed by atoms with van der Waals surface area (Å²) in [5.74, 6) is 1.83. The molecular formula is C17H18N4S. The zero-order valence-corrected chi connectivity index (χ0v) is 13.3. The molecule has 0 aliphatic carbocycles. The molecule has 0 aliphatic heterocycles. The van der Waals surface area contributed by atoms with Crippen molar-refractivity contribution in [1.29, 1.82) is 0 Å². The van der Waals surface area contributed by atoms with Crippen LogP contribution in [-0.2, 0) is 6.42 Å². The van der Waals surface area contributed by atoms with Crippen LogP contribution >= 0.6 is 11.8 Å². The number of thioether (sulfide) groups is 1. The lowest BCUT2D eigenvalue weighted by molar-refractivity contribution is 0.982. The van der Waals surface area contributed by atoms with E-state index in [9.17, 15) is 0 Å². The van der Waals surface area contributed by atoms with E-state index in [0.717, 1.165) is 46.3 Å². The van der Waals surface area contributed by atoms with E-state index in [4.69, 9.17) is 0 Å². The molecule has 22 heavy (non-hydrogen) atoms. The fourth-order valence-corrected chi connectivity index (χ4v) is 3.03. The summed E-state index contributed by atoms with van der Waals surface area (Å²) in [5, 5.41) is 5.20. The quantitative estimate of drug-likeness (QED) is 0.554. The summed E-state index contributed by atoms with van der Waals surface area (Å²) in [6.07, 6.45) is 2.74. The van der Waals surface area contributed by atoms with Gasteiger partial charge in [-0.05, 0) is 37.6 Å². The van der Waals surface area contributed by atoms with Crippen LogP contribution in [-0.4, -0.2) is 27.2 Å². The van der Waals surface area contributed by atoms with Crippen molar-refractivity contribution in [3.05, 3.63) is 54.4 Å². The Labute approximate surface area is 134 Å². The Bertz CT molecular complexity index is 746. The third-order valence-electron chi connectivity index (χ3n) is 3.24. The molecule has 3 aromatic rings. The second-order valence-electron chi connectivity index (χ2n) is 4.82. The Hall–Kier alpha value is -2.14. The number of hydrogen-bond donors (Lipinski definition) is 1. The Balaban J connectivity index is 1.76. The van der Waals surface area contributed by atoms with Crippen molar-refractivity contribution < 1.29 is 0 Å². The van der Waals surface area contributed by atoms with Crippen LogP contribution in [0.2, 0.25) is 0 Å². The van der Waals surface area contributed by atoms with Gasteiger partial charge in [-0.25, -0.2) is 9.97 Å². The van der Waals surface area contributed by atoms with Crippen molar-refractivity contribution in [1.82, 2.24) is 15.0 Å². The molecule has 0 fully saturated rings. The number of aryl methyl sites for hydroxylation is 1. The first-order chi connectivity index (χ1) is 10.9. The van der Waals surface area contributed by atoms with Gasteiger partial charge in [-0.1, -0.05) is 30.0 Å². The van der Waals surface area contributed by atoms with E-state index >= 15 is 0 Å². The Morgan fingerprint density at radius 3 is 2.73 bits per heavy atom. The maximum atomic E-state index is 4.64. The van der Waals surface area contributed by atoms with Crippen LogP contribution in [0.25, 0.3) is 10.9 Å². The first-order valence-corrected chi connectivity index (χ1v) is 8.38. The van der Waals surface area contributed by atoms with Crippen LogP contribution in [0.4, 0.5) is 5.82 Å². The molecule has 3 rings (SSSR count). The van der Waals surface area contributed by atoms with Gasteiger partial charge in [0.05, 0.1) is 5.52 Å². The van der Waals surface area contributed by atoms with Crippen LogP contribution in [0.1, 0.15) is 12.6 Å². The van der Waals surface area contributed by atoms with Gasteiger partial charge in [0, 0.05) is 29.6 Å². The molecule has 112 valence electrons. The lowest BCUT2D eigenvalue weighted by Gasteiger charge is -2.09. The van der Waals surface area contributed by atoms with E-state index < -0.39 is 0 Å². The van der Waals surface area contributed by atoms with Crippen molar-refractivity contribution in [3.63, 3.8) is 0 Å². The Morgan fingerprint density at radius 2 is 1.91 bits per heavy atom. The van der Waals surface area contributed by atoms with Crippen LogP contribution < -0.4 is 5.32 Å². The van der Waals surface area contributed by atoms with Crippen molar-refractivity contribution >= 4 is 28.5 Å². The average molecular weight is 310 g/mol. The third-order valence-corrected chi connectivity index (χ3v) is 4.09. The van der Waals surface area contributed by atoms with E-state index in [1.165, 1.54) is 0 Å². The molecule has 0 bridgehead atoms. The predicted molar refractivity (Wildman–Crippen MR) is 92.4 cm³/mol. The van der Waals surface area contributed by atoms with E-state index in [1.807, 2.05) is 42.6 Å². The van der Waals surface area contributed by atoms with E-state index in [2.05, 4.69) is 33.3 Å². The molecule has 0 amide bonds. The number of fused-ring (bicyclic) bond motifs is 1. The number of anilines is 1. The zero-order valence-electron chi connectivity index (χ0n) is 12.5. The summed E-state index contributed by atoms with van der Waals surface area (Å²) in [4.78, 5) is 13.6. The second-order valence-corrected chi connectivity index (χ2v) is 5.88. The van der Waals surface area contributed by atoms with Gasteiger partial charge in [0.25, 0.3) is 0 Å². The SMILES string of the molecule is CCNc1nc(SCCc2ccccn2)nc2ccccc12. The first kappa shape index (κ1) is 14.8. The molecule has 1 aromatic carbocycles. The molecular weight excluding hydrogens is 292 g/mol. The fraction of sp³-hybridized carbons (Fsp3) is 0.235. The average Bonchev–Trinajstić information content (AvgIpc) is 2.56. The van der Waals surface area contributed by atoms with Gasteiger partial charge in [-0.3, -0.25) is 4.98 Å². The largest absolute Gasteiger partial charge is 0.370 e. The summed E-state index contributed by atoms with van der Waals surface area (Å²) in [7, 11) is 0. The molecule has 5 heteroatoms. The Morgan fingerprint density at radius 1 is 1.05 bits per heavy atom. The molecule has 0 radical (unpaired) electrons. The maximum Gasteiger partial charge on any atom is 0.190 e. The number of aromatic nitrogens is 3. The van der Waals surface area contributed by atoms with Gasteiger partial charge in [0.1, 0.15) is 5.82 Å². The van der Waals surface area contributed by atoms with E-state index in [1.54, 1.807) is 11.8 Å². The molecule has 0 atom stereocenters. The van der Waals surface area contributed by atoms with Crippen LogP contribution in [0, 0.1) is 0 Å². The van der Waals surface area contributed by atoms with Crippen molar-refractivity contribution in [3.8, 4) is 0 Å². The van der Waals surface area contributed by atoms with E-state index in [-0.39, 0.29) is 0 Å². The summed E-state index contributed by atoms with van der Waals surface area (Å²) in [5.41, 5.74) is 2.08. The van der Waals surface area contributed by atoms with Crippen molar-refractivity contribution in [2.45, 2.75) is 18.5 Å². The van der Waals surface area contributed by atoms with Gasteiger partial charge in [-0.2, -0.15) is 0 Å². The summed E-state index contributed by atoms with van der Waals surface area (Å²) in [6, 6.07) is 14.1. The number of hydrogen-bond acceptors (Lipinski definition) is 5. The molecule has 0 spiro atoms. The number of para-hydroxylation sites is 1. The topological polar surface area (TPSA) is 50.7 Å². The molecule has 2 aromatic heterocycles. The smallest absolute Gasteiger partial charge is 0.190 e. The normalized spacial score (nSPS) is 10.8. The Kier molecular flexibility index (Phi) is 4.85. The second kappa shape index (κ2) is 7.22. The van der Waals surface area contributed by atoms with Crippen molar-refractivity contribution in [2.24, 2.45) is 0 Å². The minimum atomic E-state index is 0.811. The molecule has 1 N–H and O–H groups in total. The van der Waals surface area contributed by atoms with Crippen LogP contribution in [0.5, 0.6) is 0 Å². The van der Waals surface area contributed by atoms with Gasteiger partial charge in [-0.15, -0.1) is 0 Å². The third kappa shape index (κ3) is 3.54. The maximum absolute atomic E-state index is 4.64. The van der Waals surface area contributed by atoms with Gasteiger partial charge < -0.3 is 5.32 Å². The molecule has 0 aliphatic rings. The number of benzene rings is 1. The van der Waals surface area contributed by atoms with Gasteiger partial charge in [0.15, 0.2) is 5.16 Å². The lowest BCUT2D eigenvalue weighted by Crippen LogP contribution is -2.03. The van der Waals surface area contributed by atoms with Crippen LogP contribution in [0.15, 0.2) is 53.8 Å². The standard InChI is InChI=1S/C17H18N4S/c1-2-18-16-14-8-3-4-9-15(14)20-17(21-16)22-12-10-13-7-5-6-11-19-13/h3-9,11H,2,10,12H2,1H3,(H,18,20,21). The highest BCUT2D eigenvalue weighted by atomic mass is 32.2. The summed E-state index contributed by atoms with van der Waals surface area (Å²) in [6.45, 7) is 2.92. The molecule has 0 unspecified atom stereocenters. The monoisotopic (exact) mass is 310 g/mol. The highest BCUT2D eigenvalue weighted by Crippen LogP contribution is 2.24.